The van der Waals surface area contributed by atoms with Crippen molar-refractivity contribution >= 4 is 32.5 Å². The van der Waals surface area contributed by atoms with E-state index in [9.17, 15) is 13.2 Å². The van der Waals surface area contributed by atoms with Crippen molar-refractivity contribution in [3.8, 4) is 11.5 Å². The molecule has 2 aromatic carbocycles. The number of benzene rings is 2. The van der Waals surface area contributed by atoms with Gasteiger partial charge in [-0.15, -0.1) is 0 Å². The van der Waals surface area contributed by atoms with Crippen LogP contribution < -0.4 is 14.8 Å². The van der Waals surface area contributed by atoms with Crippen molar-refractivity contribution in [2.75, 3.05) is 18.7 Å². The molecule has 154 valence electrons. The lowest BCUT2D eigenvalue weighted by molar-refractivity contribution is -0.119. The lowest BCUT2D eigenvalue weighted by Gasteiger charge is -2.24. The van der Waals surface area contributed by atoms with Gasteiger partial charge in [0, 0.05) is 29.9 Å². The molecule has 1 amide bonds. The Bertz CT molecular complexity index is 1240. The van der Waals surface area contributed by atoms with Gasteiger partial charge in [0.05, 0.1) is 5.52 Å². The first kappa shape index (κ1) is 18.8. The van der Waals surface area contributed by atoms with Gasteiger partial charge in [0.15, 0.2) is 11.5 Å². The fraction of sp³-hybridized carbons (Fsp3) is 0.238. The largest absolute Gasteiger partial charge is 0.454 e. The molecule has 0 saturated carbocycles. The number of nitrogens with zero attached hydrogens (tertiary/aromatic N) is 2. The summed E-state index contributed by atoms with van der Waals surface area (Å²) >= 11 is 0. The zero-order valence-electron chi connectivity index (χ0n) is 15.9. The van der Waals surface area contributed by atoms with Gasteiger partial charge in [-0.3, -0.25) is 9.78 Å². The SMILES string of the molecule is O=C(Nc1ccc2c(c1)OCO2)C1CCCN1S(=O)(=O)c1cccc2cccnc12. The van der Waals surface area contributed by atoms with Crippen molar-refractivity contribution in [1.29, 1.82) is 0 Å². The first-order valence-electron chi connectivity index (χ1n) is 9.60. The van der Waals surface area contributed by atoms with E-state index in [1.807, 2.05) is 12.1 Å². The average Bonchev–Trinajstić information content (AvgIpc) is 3.43. The highest BCUT2D eigenvalue weighted by Crippen LogP contribution is 2.35. The fourth-order valence-corrected chi connectivity index (χ4v) is 5.72. The molecular weight excluding hydrogens is 406 g/mol. The van der Waals surface area contributed by atoms with Crippen molar-refractivity contribution in [2.45, 2.75) is 23.8 Å². The molecule has 2 aliphatic heterocycles. The summed E-state index contributed by atoms with van der Waals surface area (Å²) in [5.41, 5.74) is 0.933. The van der Waals surface area contributed by atoms with Crippen LogP contribution in [0.25, 0.3) is 10.9 Å². The smallest absolute Gasteiger partial charge is 0.245 e. The van der Waals surface area contributed by atoms with Crippen LogP contribution in [0.15, 0.2) is 59.6 Å². The zero-order valence-corrected chi connectivity index (χ0v) is 16.8. The lowest BCUT2D eigenvalue weighted by atomic mass is 10.2. The number of carbonyl (C=O) groups is 1. The Morgan fingerprint density at radius 2 is 1.93 bits per heavy atom. The molecule has 1 fully saturated rings. The van der Waals surface area contributed by atoms with Crippen LogP contribution in [0, 0.1) is 0 Å². The summed E-state index contributed by atoms with van der Waals surface area (Å²) < 4.78 is 38.8. The van der Waals surface area contributed by atoms with Crippen molar-refractivity contribution in [3.63, 3.8) is 0 Å². The van der Waals surface area contributed by atoms with Crippen molar-refractivity contribution in [2.24, 2.45) is 0 Å². The van der Waals surface area contributed by atoms with E-state index in [2.05, 4.69) is 10.3 Å². The molecule has 9 heteroatoms. The van der Waals surface area contributed by atoms with Gasteiger partial charge in [0.2, 0.25) is 22.7 Å². The second kappa shape index (κ2) is 7.26. The standard InChI is InChI=1S/C21H19N3O5S/c25-21(23-15-8-9-17-18(12-15)29-13-28-17)16-6-3-11-24(16)30(26,27)19-7-1-4-14-5-2-10-22-20(14)19/h1-2,4-5,7-10,12,16H,3,6,11,13H2,(H,23,25). The van der Waals surface area contributed by atoms with Crippen LogP contribution in [0.3, 0.4) is 0 Å². The molecule has 0 aliphatic carbocycles. The summed E-state index contributed by atoms with van der Waals surface area (Å²) in [6.45, 7) is 0.422. The number of carbonyl (C=O) groups excluding carboxylic acids is 1. The van der Waals surface area contributed by atoms with E-state index in [1.165, 1.54) is 10.4 Å². The molecule has 1 saturated heterocycles. The number of hydrogen-bond donors (Lipinski definition) is 1. The third-order valence-electron chi connectivity index (χ3n) is 5.33. The number of fused-ring (bicyclic) bond motifs is 2. The summed E-state index contributed by atoms with van der Waals surface area (Å²) in [5, 5.41) is 3.54. The molecule has 1 atom stereocenters. The van der Waals surface area contributed by atoms with E-state index in [4.69, 9.17) is 9.47 Å². The van der Waals surface area contributed by atoms with Gasteiger partial charge in [-0.1, -0.05) is 18.2 Å². The van der Waals surface area contributed by atoms with Crippen molar-refractivity contribution in [3.05, 3.63) is 54.7 Å². The highest BCUT2D eigenvalue weighted by Gasteiger charge is 2.40. The van der Waals surface area contributed by atoms with Crippen LogP contribution in [0.4, 0.5) is 5.69 Å². The molecule has 1 unspecified atom stereocenters. The van der Waals surface area contributed by atoms with Crippen molar-refractivity contribution in [1.82, 2.24) is 9.29 Å². The van der Waals surface area contributed by atoms with Gasteiger partial charge >= 0.3 is 0 Å². The fourth-order valence-electron chi connectivity index (χ4n) is 3.90. The minimum atomic E-state index is -3.90. The van der Waals surface area contributed by atoms with Gasteiger partial charge in [-0.05, 0) is 37.1 Å². The first-order chi connectivity index (χ1) is 14.5. The number of amides is 1. The predicted octanol–water partition coefficient (Wildman–Crippen LogP) is 2.76. The molecular formula is C21H19N3O5S. The normalized spacial score (nSPS) is 18.6. The number of rotatable bonds is 4. The molecule has 1 N–H and O–H groups in total. The number of anilines is 1. The molecule has 5 rings (SSSR count). The summed E-state index contributed by atoms with van der Waals surface area (Å²) in [5.74, 6) is 0.787. The first-order valence-corrected chi connectivity index (χ1v) is 11.0. The zero-order chi connectivity index (χ0) is 20.7. The Morgan fingerprint density at radius 3 is 2.83 bits per heavy atom. The highest BCUT2D eigenvalue weighted by molar-refractivity contribution is 7.89. The van der Waals surface area contributed by atoms with Gasteiger partial charge in [0.25, 0.3) is 0 Å². The lowest BCUT2D eigenvalue weighted by Crippen LogP contribution is -2.43. The van der Waals surface area contributed by atoms with Crippen LogP contribution in [-0.4, -0.2) is 43.0 Å². The van der Waals surface area contributed by atoms with Crippen LogP contribution in [0.2, 0.25) is 0 Å². The molecule has 0 spiro atoms. The topological polar surface area (TPSA) is 97.8 Å². The maximum atomic E-state index is 13.4. The third kappa shape index (κ3) is 3.16. The number of para-hydroxylation sites is 1. The van der Waals surface area contributed by atoms with Crippen LogP contribution in [0.5, 0.6) is 11.5 Å². The number of aromatic nitrogens is 1. The number of sulfonamides is 1. The Hall–Kier alpha value is -3.17. The quantitative estimate of drug-likeness (QED) is 0.690. The maximum absolute atomic E-state index is 13.4. The Balaban J connectivity index is 1.43. The van der Waals surface area contributed by atoms with Crippen molar-refractivity contribution < 1.29 is 22.7 Å². The highest BCUT2D eigenvalue weighted by atomic mass is 32.2. The van der Waals surface area contributed by atoms with E-state index in [1.54, 1.807) is 36.5 Å². The summed E-state index contributed by atoms with van der Waals surface area (Å²) in [6.07, 6.45) is 2.62. The van der Waals surface area contributed by atoms with Gasteiger partial charge in [-0.2, -0.15) is 4.31 Å². The monoisotopic (exact) mass is 425 g/mol. The summed E-state index contributed by atoms with van der Waals surface area (Å²) in [7, 11) is -3.90. The molecule has 3 aromatic rings. The number of nitrogens with one attached hydrogen (secondary N) is 1. The molecule has 2 aliphatic rings. The second-order valence-corrected chi connectivity index (χ2v) is 9.02. The number of hydrogen-bond acceptors (Lipinski definition) is 6. The molecule has 3 heterocycles. The molecule has 0 bridgehead atoms. The van der Waals surface area contributed by atoms with Crippen LogP contribution >= 0.6 is 0 Å². The molecule has 8 nitrogen and oxygen atoms in total. The Kier molecular flexibility index (Phi) is 4.56. The predicted molar refractivity (Wildman–Crippen MR) is 110 cm³/mol. The van der Waals surface area contributed by atoms with E-state index in [0.29, 0.717) is 35.5 Å². The van der Waals surface area contributed by atoms with Crippen LogP contribution in [0.1, 0.15) is 12.8 Å². The van der Waals surface area contributed by atoms with E-state index < -0.39 is 16.1 Å². The minimum Gasteiger partial charge on any atom is -0.454 e. The minimum absolute atomic E-state index is 0.114. The second-order valence-electron chi connectivity index (χ2n) is 7.16. The number of ether oxygens (including phenoxy) is 2. The van der Waals surface area contributed by atoms with E-state index in [0.717, 1.165) is 5.39 Å². The van der Waals surface area contributed by atoms with Gasteiger partial charge in [0.1, 0.15) is 10.9 Å². The summed E-state index contributed by atoms with van der Waals surface area (Å²) in [6, 6.07) is 12.9. The van der Waals surface area contributed by atoms with Gasteiger partial charge < -0.3 is 14.8 Å². The van der Waals surface area contributed by atoms with E-state index in [-0.39, 0.29) is 24.1 Å². The Labute approximate surface area is 173 Å². The Morgan fingerprint density at radius 1 is 1.10 bits per heavy atom. The van der Waals surface area contributed by atoms with E-state index >= 15 is 0 Å². The maximum Gasteiger partial charge on any atom is 0.245 e. The van der Waals surface area contributed by atoms with Crippen LogP contribution in [-0.2, 0) is 14.8 Å². The van der Waals surface area contributed by atoms with Gasteiger partial charge in [-0.25, -0.2) is 8.42 Å². The average molecular weight is 425 g/mol. The summed E-state index contributed by atoms with van der Waals surface area (Å²) in [4.78, 5) is 17.3. The molecule has 30 heavy (non-hydrogen) atoms. The molecule has 0 radical (unpaired) electrons. The third-order valence-corrected chi connectivity index (χ3v) is 7.27. The number of pyridine rings is 1. The molecule has 1 aromatic heterocycles.